The van der Waals surface area contributed by atoms with Crippen LogP contribution in [0.25, 0.3) is 0 Å². The zero-order valence-corrected chi connectivity index (χ0v) is 12.2. The molecular weight excluding hydrogens is 276 g/mol. The monoisotopic (exact) mass is 296 g/mol. The van der Waals surface area contributed by atoms with Crippen LogP contribution in [-0.4, -0.2) is 11.9 Å². The highest BCUT2D eigenvalue weighted by Crippen LogP contribution is 2.14. The van der Waals surface area contributed by atoms with E-state index in [-0.39, 0.29) is 11.9 Å². The second kappa shape index (κ2) is 7.12. The zero-order valence-electron chi connectivity index (χ0n) is 12.2. The van der Waals surface area contributed by atoms with E-state index >= 15 is 0 Å². The van der Waals surface area contributed by atoms with E-state index in [0.717, 1.165) is 24.2 Å². The number of hydrogen-bond acceptors (Lipinski definition) is 2. The van der Waals surface area contributed by atoms with Crippen LogP contribution in [0.4, 0.5) is 11.4 Å². The molecule has 6 nitrogen and oxygen atoms in total. The fraction of sp³-hybridized carbons (Fsp3) is 0.125. The molecule has 0 spiro atoms. The predicted octanol–water partition coefficient (Wildman–Crippen LogP) is 2.08. The lowest BCUT2D eigenvalue weighted by atomic mass is 10.0. The Hall–Kier alpha value is -3.02. The van der Waals surface area contributed by atoms with E-state index in [9.17, 15) is 0 Å². The number of benzene rings is 2. The van der Waals surface area contributed by atoms with Crippen LogP contribution >= 0.6 is 0 Å². The van der Waals surface area contributed by atoms with E-state index in [1.807, 2.05) is 48.5 Å². The van der Waals surface area contributed by atoms with Crippen molar-refractivity contribution >= 4 is 23.3 Å². The summed E-state index contributed by atoms with van der Waals surface area (Å²) in [5.41, 5.74) is 14.6. The van der Waals surface area contributed by atoms with Crippen LogP contribution < -0.4 is 22.1 Å². The first-order valence-electron chi connectivity index (χ1n) is 6.93. The van der Waals surface area contributed by atoms with Crippen LogP contribution in [0.15, 0.2) is 48.5 Å². The minimum absolute atomic E-state index is 0.0630. The van der Waals surface area contributed by atoms with Crippen LogP contribution in [0.3, 0.4) is 0 Å². The number of anilines is 2. The number of nitrogens with two attached hydrogens (primary N) is 2. The Morgan fingerprint density at radius 2 is 1.00 bits per heavy atom. The second-order valence-electron chi connectivity index (χ2n) is 4.97. The fourth-order valence-corrected chi connectivity index (χ4v) is 2.11. The zero-order chi connectivity index (χ0) is 15.9. The van der Waals surface area contributed by atoms with Gasteiger partial charge >= 0.3 is 0 Å². The third-order valence-corrected chi connectivity index (χ3v) is 3.17. The van der Waals surface area contributed by atoms with Gasteiger partial charge in [0.1, 0.15) is 0 Å². The second-order valence-corrected chi connectivity index (χ2v) is 4.97. The van der Waals surface area contributed by atoms with Crippen LogP contribution in [0.5, 0.6) is 0 Å². The number of hydrogen-bond donors (Lipinski definition) is 6. The molecular formula is C16H20N6. The Morgan fingerprint density at radius 3 is 1.27 bits per heavy atom. The highest BCUT2D eigenvalue weighted by molar-refractivity contribution is 5.90. The molecule has 2 aromatic rings. The molecule has 0 heterocycles. The van der Waals surface area contributed by atoms with Crippen LogP contribution in [0.2, 0.25) is 0 Å². The average molecular weight is 296 g/mol. The molecule has 0 bridgehead atoms. The highest BCUT2D eigenvalue weighted by atomic mass is 15.0. The van der Waals surface area contributed by atoms with Gasteiger partial charge in [-0.1, -0.05) is 24.3 Å². The van der Waals surface area contributed by atoms with Crippen molar-refractivity contribution in [2.45, 2.75) is 12.8 Å². The third kappa shape index (κ3) is 4.82. The van der Waals surface area contributed by atoms with E-state index < -0.39 is 0 Å². The van der Waals surface area contributed by atoms with Crippen molar-refractivity contribution in [3.05, 3.63) is 59.7 Å². The first-order valence-corrected chi connectivity index (χ1v) is 6.93. The molecule has 22 heavy (non-hydrogen) atoms. The summed E-state index contributed by atoms with van der Waals surface area (Å²) < 4.78 is 0. The van der Waals surface area contributed by atoms with Gasteiger partial charge in [-0.15, -0.1) is 0 Å². The van der Waals surface area contributed by atoms with Crippen molar-refractivity contribution in [1.82, 2.24) is 0 Å². The molecule has 0 fully saturated rings. The van der Waals surface area contributed by atoms with Gasteiger partial charge in [-0.2, -0.15) is 0 Å². The molecule has 114 valence electrons. The molecule has 0 aliphatic rings. The fourth-order valence-electron chi connectivity index (χ4n) is 2.11. The molecule has 0 atom stereocenters. The smallest absolute Gasteiger partial charge is 0.190 e. The minimum atomic E-state index is -0.0630. The molecule has 6 heteroatoms. The topological polar surface area (TPSA) is 124 Å². The number of nitrogens with one attached hydrogen (secondary N) is 4. The Balaban J connectivity index is 1.89. The summed E-state index contributed by atoms with van der Waals surface area (Å²) in [6, 6.07) is 15.8. The van der Waals surface area contributed by atoms with Gasteiger partial charge in [0, 0.05) is 11.4 Å². The average Bonchev–Trinajstić information content (AvgIpc) is 2.47. The molecule has 0 aliphatic carbocycles. The summed E-state index contributed by atoms with van der Waals surface area (Å²) in [6.45, 7) is 0. The van der Waals surface area contributed by atoms with Crippen molar-refractivity contribution in [3.8, 4) is 0 Å². The Kier molecular flexibility index (Phi) is 4.98. The highest BCUT2D eigenvalue weighted by Gasteiger charge is 1.99. The number of aryl methyl sites for hydroxylation is 2. The van der Waals surface area contributed by atoms with Crippen molar-refractivity contribution < 1.29 is 0 Å². The standard InChI is InChI=1S/C16H20N6/c17-15(18)21-13-7-3-11(4-8-13)1-2-12-5-9-14(10-6-12)22-16(19)20/h3-10H,1-2H2,(H4,17,18,21)(H4,19,20,22). The van der Waals surface area contributed by atoms with Crippen molar-refractivity contribution in [2.24, 2.45) is 11.5 Å². The lowest BCUT2D eigenvalue weighted by molar-refractivity contribution is 0.961. The molecule has 0 aromatic heterocycles. The van der Waals surface area contributed by atoms with Gasteiger partial charge in [-0.3, -0.25) is 10.8 Å². The molecule has 8 N–H and O–H groups in total. The predicted molar refractivity (Wildman–Crippen MR) is 91.4 cm³/mol. The van der Waals surface area contributed by atoms with E-state index in [1.165, 1.54) is 11.1 Å². The van der Waals surface area contributed by atoms with E-state index in [0.29, 0.717) is 0 Å². The van der Waals surface area contributed by atoms with Gasteiger partial charge in [0.15, 0.2) is 11.9 Å². The summed E-state index contributed by atoms with van der Waals surface area (Å²) in [6.07, 6.45) is 1.86. The maximum Gasteiger partial charge on any atom is 0.190 e. The number of rotatable bonds is 5. The first kappa shape index (κ1) is 15.4. The molecule has 0 aliphatic heterocycles. The normalized spacial score (nSPS) is 10.0. The number of guanidine groups is 2. The van der Waals surface area contributed by atoms with Gasteiger partial charge in [0.05, 0.1) is 0 Å². The lowest BCUT2D eigenvalue weighted by Gasteiger charge is -2.07. The molecule has 0 saturated carbocycles. The quantitative estimate of drug-likeness (QED) is 0.373. The largest absolute Gasteiger partial charge is 0.370 e. The van der Waals surface area contributed by atoms with Crippen LogP contribution in [-0.2, 0) is 12.8 Å². The van der Waals surface area contributed by atoms with E-state index in [4.69, 9.17) is 22.3 Å². The summed E-state index contributed by atoms with van der Waals surface area (Å²) in [7, 11) is 0. The van der Waals surface area contributed by atoms with Gasteiger partial charge in [-0.25, -0.2) is 0 Å². The third-order valence-electron chi connectivity index (χ3n) is 3.17. The van der Waals surface area contributed by atoms with Crippen LogP contribution in [0.1, 0.15) is 11.1 Å². The Bertz CT molecular complexity index is 586. The van der Waals surface area contributed by atoms with Gasteiger partial charge in [-0.05, 0) is 48.2 Å². The summed E-state index contributed by atoms with van der Waals surface area (Å²) in [5.74, 6) is -0.126. The first-order chi connectivity index (χ1) is 10.5. The maximum atomic E-state index is 7.18. The maximum absolute atomic E-state index is 7.18. The van der Waals surface area contributed by atoms with Gasteiger partial charge in [0.2, 0.25) is 0 Å². The molecule has 0 unspecified atom stereocenters. The molecule has 2 aromatic carbocycles. The molecule has 0 radical (unpaired) electrons. The lowest BCUT2D eigenvalue weighted by Crippen LogP contribution is -2.20. The van der Waals surface area contributed by atoms with Gasteiger partial charge < -0.3 is 22.1 Å². The SMILES string of the molecule is N=C(N)Nc1ccc(CCc2ccc(NC(=N)N)cc2)cc1. The Morgan fingerprint density at radius 1 is 0.682 bits per heavy atom. The van der Waals surface area contributed by atoms with Crippen LogP contribution in [0, 0.1) is 10.8 Å². The summed E-state index contributed by atoms with van der Waals surface area (Å²) in [4.78, 5) is 0. The van der Waals surface area contributed by atoms with E-state index in [1.54, 1.807) is 0 Å². The van der Waals surface area contributed by atoms with Crippen molar-refractivity contribution in [3.63, 3.8) is 0 Å². The summed E-state index contributed by atoms with van der Waals surface area (Å²) in [5, 5.41) is 19.9. The van der Waals surface area contributed by atoms with Crippen molar-refractivity contribution in [2.75, 3.05) is 10.6 Å². The molecule has 0 amide bonds. The summed E-state index contributed by atoms with van der Waals surface area (Å²) >= 11 is 0. The Labute approximate surface area is 129 Å². The van der Waals surface area contributed by atoms with Gasteiger partial charge in [0.25, 0.3) is 0 Å². The van der Waals surface area contributed by atoms with Crippen molar-refractivity contribution in [1.29, 1.82) is 10.8 Å². The minimum Gasteiger partial charge on any atom is -0.370 e. The molecule has 0 saturated heterocycles. The molecule has 2 rings (SSSR count). The van der Waals surface area contributed by atoms with E-state index in [2.05, 4.69) is 10.6 Å².